The number of fused-ring (bicyclic) bond motifs is 1. The molecule has 0 spiro atoms. The van der Waals surface area contributed by atoms with E-state index in [0.29, 0.717) is 17.8 Å². The van der Waals surface area contributed by atoms with Gasteiger partial charge in [-0.15, -0.1) is 0 Å². The number of rotatable bonds is 4. The quantitative estimate of drug-likeness (QED) is 0.501. The van der Waals surface area contributed by atoms with Crippen molar-refractivity contribution in [2.75, 3.05) is 30.3 Å². The molecule has 9 nitrogen and oxygen atoms in total. The number of halogens is 1. The number of anilines is 2. The summed E-state index contributed by atoms with van der Waals surface area (Å²) in [5, 5.41) is 4.77. The number of hydrogen-bond donors (Lipinski definition) is 3. The lowest BCUT2D eigenvalue weighted by Gasteiger charge is -2.36. The molecule has 10 heteroatoms. The van der Waals surface area contributed by atoms with Gasteiger partial charge in [-0.3, -0.25) is 4.79 Å². The van der Waals surface area contributed by atoms with Crippen molar-refractivity contribution in [3.05, 3.63) is 53.1 Å². The maximum absolute atomic E-state index is 13.8. The third-order valence-electron chi connectivity index (χ3n) is 6.93. The maximum atomic E-state index is 13.8. The topological polar surface area (TPSA) is 132 Å². The van der Waals surface area contributed by atoms with E-state index in [1.807, 2.05) is 19.2 Å². The van der Waals surface area contributed by atoms with Gasteiger partial charge in [-0.2, -0.15) is 5.10 Å². The van der Waals surface area contributed by atoms with Crippen molar-refractivity contribution in [3.63, 3.8) is 0 Å². The predicted molar refractivity (Wildman–Crippen MR) is 129 cm³/mol. The molecule has 2 fully saturated rings. The Morgan fingerprint density at radius 2 is 2.03 bits per heavy atom. The number of hydrogen-bond acceptors (Lipinski definition) is 7. The molecule has 180 valence electrons. The fourth-order valence-corrected chi connectivity index (χ4v) is 5.11. The average Bonchev–Trinajstić information content (AvgIpc) is 3.44. The molecule has 2 saturated heterocycles. The number of likely N-dealkylation sites (tertiary alicyclic amines) is 1. The number of aromatic nitrogens is 3. The smallest absolute Gasteiger partial charge is 0.244 e. The molecule has 0 bridgehead atoms. The van der Waals surface area contributed by atoms with Gasteiger partial charge in [0.2, 0.25) is 5.91 Å². The zero-order valence-corrected chi connectivity index (χ0v) is 19.3. The van der Waals surface area contributed by atoms with Crippen LogP contribution in [0.2, 0.25) is 0 Å². The second-order valence-corrected chi connectivity index (χ2v) is 9.41. The van der Waals surface area contributed by atoms with Crippen molar-refractivity contribution in [2.45, 2.75) is 50.7 Å². The van der Waals surface area contributed by atoms with E-state index in [1.165, 1.54) is 18.2 Å². The molecule has 4 heterocycles. The van der Waals surface area contributed by atoms with E-state index < -0.39 is 11.9 Å². The van der Waals surface area contributed by atoms with Gasteiger partial charge in [0, 0.05) is 54.8 Å². The fraction of sp³-hybridized carbons (Fsp3) is 0.458. The van der Waals surface area contributed by atoms with Crippen LogP contribution >= 0.6 is 0 Å². The van der Waals surface area contributed by atoms with Crippen LogP contribution in [0.5, 0.6) is 0 Å². The molecular formula is C24H31FN8O. The Morgan fingerprint density at radius 1 is 1.21 bits per heavy atom. The SMILES string of the molecule is Cc1cn2nc([C@@H]3CCCCN3C(=O)C(N)c3cc(F)ccc3N)cc2nc1N1CC[C@H](N)C1. The number of nitrogen functional groups attached to an aromatic ring is 1. The molecule has 0 aliphatic carbocycles. The summed E-state index contributed by atoms with van der Waals surface area (Å²) in [6.07, 6.45) is 5.54. The summed E-state index contributed by atoms with van der Waals surface area (Å²) in [5.41, 5.74) is 21.5. The Bertz CT molecular complexity index is 1230. The van der Waals surface area contributed by atoms with Crippen LogP contribution in [0, 0.1) is 12.7 Å². The number of nitrogens with zero attached hydrogens (tertiary/aromatic N) is 5. The molecule has 34 heavy (non-hydrogen) atoms. The molecule has 6 N–H and O–H groups in total. The van der Waals surface area contributed by atoms with Crippen LogP contribution in [-0.4, -0.2) is 51.1 Å². The Hall–Kier alpha value is -3.24. The highest BCUT2D eigenvalue weighted by atomic mass is 19.1. The summed E-state index contributed by atoms with van der Waals surface area (Å²) in [4.78, 5) is 22.3. The summed E-state index contributed by atoms with van der Waals surface area (Å²) in [6, 6.07) is 4.77. The molecule has 5 rings (SSSR count). The van der Waals surface area contributed by atoms with Gasteiger partial charge < -0.3 is 27.0 Å². The molecule has 2 aliphatic heterocycles. The van der Waals surface area contributed by atoms with Gasteiger partial charge in [-0.1, -0.05) is 0 Å². The minimum Gasteiger partial charge on any atom is -0.398 e. The molecule has 2 aromatic heterocycles. The number of carbonyl (C=O) groups excluding carboxylic acids is 1. The van der Waals surface area contributed by atoms with Crippen LogP contribution < -0.4 is 22.1 Å². The van der Waals surface area contributed by atoms with Crippen LogP contribution in [0.15, 0.2) is 30.5 Å². The van der Waals surface area contributed by atoms with Gasteiger partial charge in [0.1, 0.15) is 17.7 Å². The van der Waals surface area contributed by atoms with Crippen molar-refractivity contribution in [1.29, 1.82) is 0 Å². The van der Waals surface area contributed by atoms with Crippen molar-refractivity contribution < 1.29 is 9.18 Å². The van der Waals surface area contributed by atoms with Crippen LogP contribution in [0.3, 0.4) is 0 Å². The highest BCUT2D eigenvalue weighted by Crippen LogP contribution is 2.34. The Morgan fingerprint density at radius 3 is 2.79 bits per heavy atom. The normalized spacial score (nSPS) is 21.9. The highest BCUT2D eigenvalue weighted by Gasteiger charge is 2.34. The van der Waals surface area contributed by atoms with Crippen molar-refractivity contribution in [1.82, 2.24) is 19.5 Å². The minimum absolute atomic E-state index is 0.163. The highest BCUT2D eigenvalue weighted by molar-refractivity contribution is 5.85. The molecule has 0 saturated carbocycles. The zero-order valence-electron chi connectivity index (χ0n) is 19.3. The summed E-state index contributed by atoms with van der Waals surface area (Å²) in [6.45, 7) is 4.25. The van der Waals surface area contributed by atoms with Crippen molar-refractivity contribution >= 4 is 23.1 Å². The molecule has 1 amide bonds. The summed E-state index contributed by atoms with van der Waals surface area (Å²) >= 11 is 0. The number of carbonyl (C=O) groups is 1. The lowest BCUT2D eigenvalue weighted by atomic mass is 9.96. The van der Waals surface area contributed by atoms with E-state index in [-0.39, 0.29) is 18.0 Å². The summed E-state index contributed by atoms with van der Waals surface area (Å²) < 4.78 is 15.6. The van der Waals surface area contributed by atoms with Gasteiger partial charge >= 0.3 is 0 Å². The Balaban J connectivity index is 1.44. The average molecular weight is 467 g/mol. The molecular weight excluding hydrogens is 435 g/mol. The van der Waals surface area contributed by atoms with Crippen LogP contribution in [0.25, 0.3) is 5.65 Å². The zero-order chi connectivity index (χ0) is 24.0. The molecule has 3 aromatic rings. The summed E-state index contributed by atoms with van der Waals surface area (Å²) in [5.74, 6) is 0.168. The van der Waals surface area contributed by atoms with E-state index in [1.54, 1.807) is 9.42 Å². The first-order chi connectivity index (χ1) is 16.3. The predicted octanol–water partition coefficient (Wildman–Crippen LogP) is 2.05. The molecule has 1 unspecified atom stereocenters. The van der Waals surface area contributed by atoms with Gasteiger partial charge in [-0.25, -0.2) is 13.9 Å². The van der Waals surface area contributed by atoms with Crippen molar-refractivity contribution in [2.24, 2.45) is 11.5 Å². The van der Waals surface area contributed by atoms with Crippen LogP contribution in [0.4, 0.5) is 15.9 Å². The molecule has 3 atom stereocenters. The van der Waals surface area contributed by atoms with Gasteiger partial charge in [0.15, 0.2) is 5.65 Å². The minimum atomic E-state index is -1.04. The lowest BCUT2D eigenvalue weighted by molar-refractivity contribution is -0.136. The van der Waals surface area contributed by atoms with E-state index in [0.717, 1.165) is 61.5 Å². The molecule has 1 aromatic carbocycles. The van der Waals surface area contributed by atoms with Crippen LogP contribution in [-0.2, 0) is 4.79 Å². The standard InChI is InChI=1S/C24H31FN8O/c1-14-12-33-21(29-23(14)31-9-7-16(26)13-31)11-19(30-33)20-4-2-3-8-32(20)24(34)22(28)17-10-15(25)5-6-18(17)27/h5-6,10-12,16,20,22H,2-4,7-9,13,26-28H2,1H3/t16-,20-,22?/m0/s1. The van der Waals surface area contributed by atoms with Crippen molar-refractivity contribution in [3.8, 4) is 0 Å². The summed E-state index contributed by atoms with van der Waals surface area (Å²) in [7, 11) is 0. The third kappa shape index (κ3) is 4.07. The van der Waals surface area contributed by atoms with Crippen LogP contribution in [0.1, 0.15) is 54.6 Å². The number of piperidine rings is 1. The van der Waals surface area contributed by atoms with Gasteiger partial charge in [-0.05, 0) is 50.8 Å². The van der Waals surface area contributed by atoms with E-state index in [2.05, 4.69) is 4.90 Å². The largest absolute Gasteiger partial charge is 0.398 e. The second-order valence-electron chi connectivity index (χ2n) is 9.41. The van der Waals surface area contributed by atoms with E-state index >= 15 is 0 Å². The Kier molecular flexibility index (Phi) is 5.86. The molecule has 2 aliphatic rings. The molecule has 0 radical (unpaired) electrons. The number of benzene rings is 1. The monoisotopic (exact) mass is 466 g/mol. The second kappa shape index (κ2) is 8.84. The first-order valence-corrected chi connectivity index (χ1v) is 11.8. The maximum Gasteiger partial charge on any atom is 0.244 e. The van der Waals surface area contributed by atoms with Gasteiger partial charge in [0.25, 0.3) is 0 Å². The lowest BCUT2D eigenvalue weighted by Crippen LogP contribution is -2.43. The fourth-order valence-electron chi connectivity index (χ4n) is 5.11. The van der Waals surface area contributed by atoms with Gasteiger partial charge in [0.05, 0.1) is 11.7 Å². The number of nitrogens with two attached hydrogens (primary N) is 3. The van der Waals surface area contributed by atoms with E-state index in [4.69, 9.17) is 27.3 Å². The first-order valence-electron chi connectivity index (χ1n) is 11.8. The van der Waals surface area contributed by atoms with E-state index in [9.17, 15) is 9.18 Å². The number of amides is 1. The number of aryl methyl sites for hydroxylation is 1. The first kappa shape index (κ1) is 22.5. The third-order valence-corrected chi connectivity index (χ3v) is 6.93. The Labute approximate surface area is 197 Å².